The monoisotopic (exact) mass is 196 g/mol. The van der Waals surface area contributed by atoms with Crippen molar-refractivity contribution in [2.24, 2.45) is 0 Å². The third-order valence-corrected chi connectivity index (χ3v) is 1.88. The number of anilines is 2. The van der Waals surface area contributed by atoms with Gasteiger partial charge in [0.1, 0.15) is 18.0 Å². The Kier molecular flexibility index (Phi) is 4.12. The molecule has 1 aromatic heterocycles. The lowest BCUT2D eigenvalue weighted by Gasteiger charge is -2.10. The summed E-state index contributed by atoms with van der Waals surface area (Å²) in [7, 11) is 0. The molecule has 5 nitrogen and oxygen atoms in total. The topological polar surface area (TPSA) is 84.1 Å². The van der Waals surface area contributed by atoms with Gasteiger partial charge in [-0.25, -0.2) is 9.97 Å². The Bertz CT molecular complexity index is 290. The van der Waals surface area contributed by atoms with Crippen molar-refractivity contribution in [2.45, 2.75) is 19.8 Å². The number of nitrogens with zero attached hydrogens (tertiary/aromatic N) is 2. The summed E-state index contributed by atoms with van der Waals surface area (Å²) in [6.07, 6.45) is 3.26. The molecule has 0 saturated carbocycles. The third kappa shape index (κ3) is 2.56. The summed E-state index contributed by atoms with van der Waals surface area (Å²) in [6.45, 7) is 2.63. The lowest BCUT2D eigenvalue weighted by molar-refractivity contribution is 0.311. The molecule has 0 aliphatic carbocycles. The molecule has 0 radical (unpaired) electrons. The van der Waals surface area contributed by atoms with Gasteiger partial charge in [0.15, 0.2) is 0 Å². The van der Waals surface area contributed by atoms with E-state index >= 15 is 0 Å². The van der Waals surface area contributed by atoms with E-state index in [2.05, 4.69) is 22.2 Å². The lowest BCUT2D eigenvalue weighted by atomic mass is 10.1. The predicted octanol–water partition coefficient (Wildman–Crippen LogP) is 0.416. The van der Waals surface area contributed by atoms with Gasteiger partial charge in [-0.2, -0.15) is 0 Å². The molecule has 5 heteroatoms. The minimum Gasteiger partial charge on any atom is -0.395 e. The molecule has 0 atom stereocenters. The van der Waals surface area contributed by atoms with Crippen LogP contribution in [0, 0.1) is 0 Å². The number of rotatable bonds is 5. The quantitative estimate of drug-likeness (QED) is 0.635. The summed E-state index contributed by atoms with van der Waals surface area (Å²) in [6, 6.07) is 0. The standard InChI is InChI=1S/C9H16N4O/c1-2-3-7-8(10)12-6-13-9(7)11-4-5-14/h6,14H,2-5H2,1H3,(H3,10,11,12,13). The van der Waals surface area contributed by atoms with Crippen molar-refractivity contribution < 1.29 is 5.11 Å². The van der Waals surface area contributed by atoms with E-state index in [-0.39, 0.29) is 6.61 Å². The third-order valence-electron chi connectivity index (χ3n) is 1.88. The highest BCUT2D eigenvalue weighted by molar-refractivity contribution is 5.54. The average Bonchev–Trinajstić information content (AvgIpc) is 2.19. The summed E-state index contributed by atoms with van der Waals surface area (Å²) in [5.41, 5.74) is 6.66. The molecular weight excluding hydrogens is 180 g/mol. The van der Waals surface area contributed by atoms with Gasteiger partial charge in [-0.3, -0.25) is 0 Å². The number of aliphatic hydroxyl groups is 1. The van der Waals surface area contributed by atoms with E-state index in [0.29, 0.717) is 12.4 Å². The molecule has 0 bridgehead atoms. The van der Waals surface area contributed by atoms with Crippen LogP contribution in [0.4, 0.5) is 11.6 Å². The van der Waals surface area contributed by atoms with Crippen molar-refractivity contribution in [2.75, 3.05) is 24.2 Å². The predicted molar refractivity (Wildman–Crippen MR) is 56.0 cm³/mol. The molecule has 0 saturated heterocycles. The SMILES string of the molecule is CCCc1c(N)ncnc1NCCO. The van der Waals surface area contributed by atoms with Gasteiger partial charge in [-0.15, -0.1) is 0 Å². The van der Waals surface area contributed by atoms with Crippen LogP contribution >= 0.6 is 0 Å². The fourth-order valence-corrected chi connectivity index (χ4v) is 1.25. The van der Waals surface area contributed by atoms with Crippen LogP contribution in [-0.2, 0) is 6.42 Å². The first-order valence-corrected chi connectivity index (χ1v) is 4.73. The van der Waals surface area contributed by atoms with E-state index in [1.165, 1.54) is 6.33 Å². The van der Waals surface area contributed by atoms with E-state index in [0.717, 1.165) is 24.2 Å². The van der Waals surface area contributed by atoms with Gasteiger partial charge in [-0.05, 0) is 6.42 Å². The fraction of sp³-hybridized carbons (Fsp3) is 0.556. The van der Waals surface area contributed by atoms with Crippen molar-refractivity contribution in [3.63, 3.8) is 0 Å². The first kappa shape index (κ1) is 10.7. The molecule has 0 fully saturated rings. The van der Waals surface area contributed by atoms with Crippen molar-refractivity contribution in [1.82, 2.24) is 9.97 Å². The van der Waals surface area contributed by atoms with Crippen LogP contribution in [0.25, 0.3) is 0 Å². The van der Waals surface area contributed by atoms with Gasteiger partial charge >= 0.3 is 0 Å². The number of aromatic nitrogens is 2. The van der Waals surface area contributed by atoms with Crippen LogP contribution in [0.1, 0.15) is 18.9 Å². The maximum absolute atomic E-state index is 8.68. The number of nitrogen functional groups attached to an aromatic ring is 1. The summed E-state index contributed by atoms with van der Waals surface area (Å²) < 4.78 is 0. The first-order valence-electron chi connectivity index (χ1n) is 4.73. The Labute approximate surface area is 83.4 Å². The number of hydrogen-bond acceptors (Lipinski definition) is 5. The van der Waals surface area contributed by atoms with Crippen molar-refractivity contribution in [3.05, 3.63) is 11.9 Å². The molecule has 1 heterocycles. The molecule has 1 rings (SSSR count). The maximum Gasteiger partial charge on any atom is 0.134 e. The highest BCUT2D eigenvalue weighted by atomic mass is 16.3. The minimum absolute atomic E-state index is 0.0788. The Balaban J connectivity index is 2.83. The zero-order valence-electron chi connectivity index (χ0n) is 8.32. The first-order chi connectivity index (χ1) is 6.79. The van der Waals surface area contributed by atoms with Gasteiger partial charge in [0.25, 0.3) is 0 Å². The largest absolute Gasteiger partial charge is 0.395 e. The van der Waals surface area contributed by atoms with Crippen molar-refractivity contribution in [3.8, 4) is 0 Å². The Morgan fingerprint density at radius 2 is 2.29 bits per heavy atom. The molecule has 4 N–H and O–H groups in total. The number of nitrogens with one attached hydrogen (secondary N) is 1. The maximum atomic E-state index is 8.68. The van der Waals surface area contributed by atoms with Gasteiger partial charge in [-0.1, -0.05) is 13.3 Å². The fourth-order valence-electron chi connectivity index (χ4n) is 1.25. The lowest BCUT2D eigenvalue weighted by Crippen LogP contribution is -2.11. The number of hydrogen-bond donors (Lipinski definition) is 3. The van der Waals surface area contributed by atoms with E-state index in [1.54, 1.807) is 0 Å². The highest BCUT2D eigenvalue weighted by Crippen LogP contribution is 2.18. The normalized spacial score (nSPS) is 10.1. The summed E-state index contributed by atoms with van der Waals surface area (Å²) in [5.74, 6) is 1.25. The van der Waals surface area contributed by atoms with E-state index < -0.39 is 0 Å². The van der Waals surface area contributed by atoms with Crippen LogP contribution in [0.3, 0.4) is 0 Å². The number of nitrogens with two attached hydrogens (primary N) is 1. The summed E-state index contributed by atoms with van der Waals surface area (Å²) >= 11 is 0. The van der Waals surface area contributed by atoms with Crippen molar-refractivity contribution in [1.29, 1.82) is 0 Å². The summed E-state index contributed by atoms with van der Waals surface area (Å²) in [5, 5.41) is 11.7. The number of aliphatic hydroxyl groups excluding tert-OH is 1. The molecule has 0 spiro atoms. The van der Waals surface area contributed by atoms with Crippen LogP contribution in [0.15, 0.2) is 6.33 Å². The van der Waals surface area contributed by atoms with Gasteiger partial charge in [0, 0.05) is 12.1 Å². The zero-order valence-corrected chi connectivity index (χ0v) is 8.32. The van der Waals surface area contributed by atoms with Crippen LogP contribution in [0.2, 0.25) is 0 Å². The molecule has 78 valence electrons. The zero-order chi connectivity index (χ0) is 10.4. The van der Waals surface area contributed by atoms with E-state index in [9.17, 15) is 0 Å². The molecule has 0 aliphatic heterocycles. The molecule has 0 aromatic carbocycles. The van der Waals surface area contributed by atoms with Crippen molar-refractivity contribution >= 4 is 11.6 Å². The molecular formula is C9H16N4O. The molecule has 0 amide bonds. The molecule has 0 aliphatic rings. The molecule has 1 aromatic rings. The van der Waals surface area contributed by atoms with Gasteiger partial charge in [0.2, 0.25) is 0 Å². The summed E-state index contributed by atoms with van der Waals surface area (Å²) in [4.78, 5) is 8.01. The second kappa shape index (κ2) is 5.39. The van der Waals surface area contributed by atoms with Crippen LogP contribution in [0.5, 0.6) is 0 Å². The van der Waals surface area contributed by atoms with Crippen LogP contribution < -0.4 is 11.1 Å². The Morgan fingerprint density at radius 1 is 1.50 bits per heavy atom. The molecule has 0 unspecified atom stereocenters. The minimum atomic E-state index is 0.0788. The average molecular weight is 196 g/mol. The van der Waals surface area contributed by atoms with Gasteiger partial charge < -0.3 is 16.2 Å². The second-order valence-corrected chi connectivity index (χ2v) is 2.99. The Hall–Kier alpha value is -1.36. The molecule has 14 heavy (non-hydrogen) atoms. The highest BCUT2D eigenvalue weighted by Gasteiger charge is 2.06. The Morgan fingerprint density at radius 3 is 2.93 bits per heavy atom. The van der Waals surface area contributed by atoms with Gasteiger partial charge in [0.05, 0.1) is 6.61 Å². The van der Waals surface area contributed by atoms with Crippen LogP contribution in [-0.4, -0.2) is 28.2 Å². The van der Waals surface area contributed by atoms with E-state index in [1.807, 2.05) is 0 Å². The smallest absolute Gasteiger partial charge is 0.134 e. The van der Waals surface area contributed by atoms with E-state index in [4.69, 9.17) is 10.8 Å². The second-order valence-electron chi connectivity index (χ2n) is 2.99.